The van der Waals surface area contributed by atoms with Crippen molar-refractivity contribution in [3.05, 3.63) is 38.8 Å². The summed E-state index contributed by atoms with van der Waals surface area (Å²) in [5, 5.41) is 5.42. The van der Waals surface area contributed by atoms with Crippen molar-refractivity contribution in [3.8, 4) is 0 Å². The number of aromatic nitrogens is 2. The molecule has 0 bridgehead atoms. The summed E-state index contributed by atoms with van der Waals surface area (Å²) >= 11 is 6.85. The van der Waals surface area contributed by atoms with Crippen LogP contribution >= 0.6 is 23.6 Å². The first-order valence-corrected chi connectivity index (χ1v) is 7.67. The SMILES string of the molecule is Cc1nn(CN(C)Cc2ccc(N(C)C)cc2)c(=S)s1. The Morgan fingerprint density at radius 1 is 1.20 bits per heavy atom. The van der Waals surface area contributed by atoms with Gasteiger partial charge < -0.3 is 4.90 Å². The number of aryl methyl sites for hydroxylation is 1. The molecule has 0 fully saturated rings. The van der Waals surface area contributed by atoms with Gasteiger partial charge >= 0.3 is 0 Å². The molecule has 2 aromatic rings. The lowest BCUT2D eigenvalue weighted by atomic mass is 10.2. The Kier molecular flexibility index (Phi) is 4.91. The summed E-state index contributed by atoms with van der Waals surface area (Å²) in [5.41, 5.74) is 2.50. The minimum Gasteiger partial charge on any atom is -0.378 e. The van der Waals surface area contributed by atoms with E-state index in [1.165, 1.54) is 11.3 Å². The normalized spacial score (nSPS) is 11.1. The number of anilines is 1. The van der Waals surface area contributed by atoms with E-state index < -0.39 is 0 Å². The molecule has 0 aliphatic carbocycles. The van der Waals surface area contributed by atoms with Crippen LogP contribution in [0.4, 0.5) is 5.69 Å². The first-order valence-electron chi connectivity index (χ1n) is 6.45. The molecule has 108 valence electrons. The van der Waals surface area contributed by atoms with E-state index in [0.29, 0.717) is 0 Å². The van der Waals surface area contributed by atoms with E-state index in [4.69, 9.17) is 12.2 Å². The molecule has 20 heavy (non-hydrogen) atoms. The summed E-state index contributed by atoms with van der Waals surface area (Å²) in [6.45, 7) is 3.58. The largest absolute Gasteiger partial charge is 0.378 e. The van der Waals surface area contributed by atoms with Gasteiger partial charge in [0.15, 0.2) is 3.95 Å². The van der Waals surface area contributed by atoms with Crippen molar-refractivity contribution >= 4 is 29.2 Å². The fourth-order valence-corrected chi connectivity index (χ4v) is 3.05. The lowest BCUT2D eigenvalue weighted by Gasteiger charge is -2.17. The van der Waals surface area contributed by atoms with E-state index in [1.807, 2.05) is 25.7 Å². The first kappa shape index (κ1) is 15.2. The summed E-state index contributed by atoms with van der Waals surface area (Å²) < 4.78 is 2.71. The van der Waals surface area contributed by atoms with Gasteiger partial charge in [-0.15, -0.1) is 0 Å². The standard InChI is InChI=1S/C14H20N4S2/c1-11-15-18(14(19)20-11)10-17(4)9-12-5-7-13(8-6-12)16(2)3/h5-8H,9-10H2,1-4H3. The smallest absolute Gasteiger partial charge is 0.180 e. The highest BCUT2D eigenvalue weighted by Gasteiger charge is 2.05. The number of rotatable bonds is 5. The van der Waals surface area contributed by atoms with Crippen molar-refractivity contribution < 1.29 is 0 Å². The summed E-state index contributed by atoms with van der Waals surface area (Å²) in [5.74, 6) is 0. The predicted molar refractivity (Wildman–Crippen MR) is 87.9 cm³/mol. The van der Waals surface area contributed by atoms with Crippen molar-refractivity contribution in [3.63, 3.8) is 0 Å². The maximum Gasteiger partial charge on any atom is 0.180 e. The van der Waals surface area contributed by atoms with Crippen LogP contribution < -0.4 is 4.90 Å². The van der Waals surface area contributed by atoms with Crippen LogP contribution in [0.3, 0.4) is 0 Å². The van der Waals surface area contributed by atoms with Gasteiger partial charge in [0, 0.05) is 26.3 Å². The molecular formula is C14H20N4S2. The van der Waals surface area contributed by atoms with Gasteiger partial charge in [0.05, 0.1) is 6.67 Å². The molecule has 0 amide bonds. The zero-order chi connectivity index (χ0) is 14.7. The molecule has 1 heterocycles. The van der Waals surface area contributed by atoms with Crippen molar-refractivity contribution in [1.82, 2.24) is 14.7 Å². The van der Waals surface area contributed by atoms with Crippen LogP contribution in [0, 0.1) is 10.9 Å². The van der Waals surface area contributed by atoms with Gasteiger partial charge in [0.2, 0.25) is 0 Å². The van der Waals surface area contributed by atoms with Gasteiger partial charge in [-0.2, -0.15) is 5.10 Å². The molecule has 0 saturated carbocycles. The molecule has 1 aromatic heterocycles. The van der Waals surface area contributed by atoms with Crippen molar-refractivity contribution in [2.75, 3.05) is 26.0 Å². The maximum absolute atomic E-state index is 5.29. The van der Waals surface area contributed by atoms with E-state index in [0.717, 1.165) is 22.2 Å². The van der Waals surface area contributed by atoms with E-state index in [2.05, 4.69) is 46.2 Å². The van der Waals surface area contributed by atoms with Crippen LogP contribution in [0.15, 0.2) is 24.3 Å². The molecule has 0 aliphatic heterocycles. The van der Waals surface area contributed by atoms with Crippen LogP contribution in [0.1, 0.15) is 10.6 Å². The highest BCUT2D eigenvalue weighted by molar-refractivity contribution is 7.73. The Labute approximate surface area is 129 Å². The monoisotopic (exact) mass is 308 g/mol. The van der Waals surface area contributed by atoms with Gasteiger partial charge in [-0.1, -0.05) is 23.5 Å². The zero-order valence-electron chi connectivity index (χ0n) is 12.3. The van der Waals surface area contributed by atoms with Crippen LogP contribution in [0.25, 0.3) is 0 Å². The fraction of sp³-hybridized carbons (Fsp3) is 0.429. The van der Waals surface area contributed by atoms with Gasteiger partial charge in [-0.05, 0) is 43.9 Å². The second kappa shape index (κ2) is 6.47. The van der Waals surface area contributed by atoms with Crippen LogP contribution in [0.5, 0.6) is 0 Å². The number of hydrogen-bond acceptors (Lipinski definition) is 5. The van der Waals surface area contributed by atoms with Gasteiger partial charge in [0.1, 0.15) is 5.01 Å². The molecule has 0 atom stereocenters. The van der Waals surface area contributed by atoms with Gasteiger partial charge in [-0.3, -0.25) is 4.90 Å². The second-order valence-corrected chi connectivity index (χ2v) is 6.93. The van der Waals surface area contributed by atoms with E-state index >= 15 is 0 Å². The minimum absolute atomic E-state index is 0.721. The van der Waals surface area contributed by atoms with Crippen molar-refractivity contribution in [1.29, 1.82) is 0 Å². The molecule has 0 radical (unpaired) electrons. The number of benzene rings is 1. The molecule has 2 rings (SSSR count). The van der Waals surface area contributed by atoms with Gasteiger partial charge in [-0.25, -0.2) is 4.68 Å². The number of nitrogens with zero attached hydrogens (tertiary/aromatic N) is 4. The fourth-order valence-electron chi connectivity index (χ4n) is 1.99. The molecule has 0 unspecified atom stereocenters. The van der Waals surface area contributed by atoms with Crippen LogP contribution in [-0.4, -0.2) is 35.8 Å². The highest BCUT2D eigenvalue weighted by Crippen LogP contribution is 2.14. The third-order valence-electron chi connectivity index (χ3n) is 2.99. The number of hydrogen-bond donors (Lipinski definition) is 0. The highest BCUT2D eigenvalue weighted by atomic mass is 32.1. The average Bonchev–Trinajstić information content (AvgIpc) is 2.68. The lowest BCUT2D eigenvalue weighted by molar-refractivity contribution is 0.245. The zero-order valence-corrected chi connectivity index (χ0v) is 14.0. The van der Waals surface area contributed by atoms with Crippen LogP contribution in [0.2, 0.25) is 0 Å². The average molecular weight is 308 g/mol. The van der Waals surface area contributed by atoms with Crippen LogP contribution in [-0.2, 0) is 13.2 Å². The Balaban J connectivity index is 1.99. The van der Waals surface area contributed by atoms with E-state index in [-0.39, 0.29) is 0 Å². The predicted octanol–water partition coefficient (Wildman–Crippen LogP) is 3.14. The molecule has 0 N–H and O–H groups in total. The van der Waals surface area contributed by atoms with Crippen molar-refractivity contribution in [2.24, 2.45) is 0 Å². The van der Waals surface area contributed by atoms with E-state index in [9.17, 15) is 0 Å². The summed E-state index contributed by atoms with van der Waals surface area (Å²) in [4.78, 5) is 4.31. The summed E-state index contributed by atoms with van der Waals surface area (Å²) in [6.07, 6.45) is 0. The quantitative estimate of drug-likeness (QED) is 0.792. The van der Waals surface area contributed by atoms with Gasteiger partial charge in [0.25, 0.3) is 0 Å². The molecule has 4 nitrogen and oxygen atoms in total. The maximum atomic E-state index is 5.29. The molecule has 6 heteroatoms. The molecule has 0 saturated heterocycles. The molecule has 0 aliphatic rings. The molecular weight excluding hydrogens is 288 g/mol. The van der Waals surface area contributed by atoms with Crippen molar-refractivity contribution in [2.45, 2.75) is 20.1 Å². The Hall–Kier alpha value is -1.24. The minimum atomic E-state index is 0.721. The van der Waals surface area contributed by atoms with E-state index in [1.54, 1.807) is 11.3 Å². The summed E-state index contributed by atoms with van der Waals surface area (Å²) in [7, 11) is 6.18. The third kappa shape index (κ3) is 3.88. The Bertz CT molecular complexity index is 613. The second-order valence-electron chi connectivity index (χ2n) is 5.10. The Morgan fingerprint density at radius 3 is 2.35 bits per heavy atom. The Morgan fingerprint density at radius 2 is 1.85 bits per heavy atom. The first-order chi connectivity index (χ1) is 9.45. The summed E-state index contributed by atoms with van der Waals surface area (Å²) in [6, 6.07) is 8.61. The molecule has 0 spiro atoms. The lowest BCUT2D eigenvalue weighted by Crippen LogP contribution is -2.22. The molecule has 1 aromatic carbocycles. The topological polar surface area (TPSA) is 24.3 Å². The third-order valence-corrected chi connectivity index (χ3v) is 4.21.